The number of piperazine rings is 1. The van der Waals surface area contributed by atoms with E-state index in [9.17, 15) is 4.39 Å². The van der Waals surface area contributed by atoms with Crippen molar-refractivity contribution in [1.82, 2.24) is 10.2 Å². The lowest BCUT2D eigenvalue weighted by Gasteiger charge is -2.34. The van der Waals surface area contributed by atoms with E-state index in [4.69, 9.17) is 5.73 Å². The van der Waals surface area contributed by atoms with Crippen LogP contribution in [0.4, 0.5) is 10.1 Å². The standard InChI is InChI=1S/C12H16Br2FN3.2ClH/c13-8-5-9(12(16)10(14)6-8)11(7-15)18-3-1-17-2-4-18;;/h5-6,11,17H,1-4,7,16H2;2*1H/t11-;;/m1../s1. The van der Waals surface area contributed by atoms with Crippen LogP contribution in [-0.4, -0.2) is 37.8 Å². The summed E-state index contributed by atoms with van der Waals surface area (Å²) in [6.07, 6.45) is 0. The maximum absolute atomic E-state index is 13.4. The quantitative estimate of drug-likeness (QED) is 0.688. The molecule has 3 N–H and O–H groups in total. The van der Waals surface area contributed by atoms with E-state index in [0.29, 0.717) is 5.69 Å². The summed E-state index contributed by atoms with van der Waals surface area (Å²) in [6.45, 7) is 3.06. The average molecular weight is 454 g/mol. The molecule has 0 bridgehead atoms. The lowest BCUT2D eigenvalue weighted by Crippen LogP contribution is -2.45. The molecule has 1 atom stereocenters. The number of rotatable bonds is 3. The van der Waals surface area contributed by atoms with Crippen molar-refractivity contribution >= 4 is 62.4 Å². The molecule has 0 aromatic heterocycles. The summed E-state index contributed by atoms with van der Waals surface area (Å²) < 4.78 is 15.1. The van der Waals surface area contributed by atoms with E-state index in [1.807, 2.05) is 12.1 Å². The Morgan fingerprint density at radius 2 is 1.85 bits per heavy atom. The van der Waals surface area contributed by atoms with E-state index in [1.54, 1.807) is 0 Å². The zero-order valence-corrected chi connectivity index (χ0v) is 15.5. The maximum atomic E-state index is 13.4. The zero-order chi connectivity index (χ0) is 13.1. The summed E-state index contributed by atoms with van der Waals surface area (Å²) in [4.78, 5) is 2.14. The lowest BCUT2D eigenvalue weighted by atomic mass is 10.0. The van der Waals surface area contributed by atoms with E-state index in [2.05, 4.69) is 42.1 Å². The van der Waals surface area contributed by atoms with Gasteiger partial charge in [0.2, 0.25) is 0 Å². The monoisotopic (exact) mass is 451 g/mol. The summed E-state index contributed by atoms with van der Waals surface area (Å²) in [5.74, 6) is 0. The minimum absolute atomic E-state index is 0. The molecule has 20 heavy (non-hydrogen) atoms. The van der Waals surface area contributed by atoms with Gasteiger partial charge < -0.3 is 11.1 Å². The second-order valence-corrected chi connectivity index (χ2v) is 6.12. The highest BCUT2D eigenvalue weighted by Crippen LogP contribution is 2.34. The molecule has 0 aliphatic carbocycles. The van der Waals surface area contributed by atoms with E-state index in [0.717, 1.165) is 40.7 Å². The van der Waals surface area contributed by atoms with Gasteiger partial charge in [0, 0.05) is 35.1 Å². The Kier molecular flexibility index (Phi) is 9.63. The first-order valence-electron chi connectivity index (χ1n) is 5.88. The average Bonchev–Trinajstić information content (AvgIpc) is 2.37. The van der Waals surface area contributed by atoms with Gasteiger partial charge in [-0.1, -0.05) is 15.9 Å². The number of nitrogen functional groups attached to an aromatic ring is 1. The molecule has 1 saturated heterocycles. The van der Waals surface area contributed by atoms with Crippen LogP contribution in [0.5, 0.6) is 0 Å². The molecule has 1 aliphatic heterocycles. The van der Waals surface area contributed by atoms with Crippen molar-refractivity contribution in [2.24, 2.45) is 0 Å². The molecular weight excluding hydrogens is 436 g/mol. The van der Waals surface area contributed by atoms with Crippen LogP contribution < -0.4 is 11.1 Å². The van der Waals surface area contributed by atoms with Crippen molar-refractivity contribution in [2.45, 2.75) is 6.04 Å². The van der Waals surface area contributed by atoms with Gasteiger partial charge in [-0.15, -0.1) is 24.8 Å². The van der Waals surface area contributed by atoms with Crippen molar-refractivity contribution in [3.8, 4) is 0 Å². The number of hydrogen-bond donors (Lipinski definition) is 2. The van der Waals surface area contributed by atoms with Gasteiger partial charge in [-0.2, -0.15) is 0 Å². The van der Waals surface area contributed by atoms with Gasteiger partial charge in [0.05, 0.1) is 11.7 Å². The predicted octanol–water partition coefficient (Wildman–Crippen LogP) is 3.55. The molecule has 0 unspecified atom stereocenters. The Balaban J connectivity index is 0.00000180. The lowest BCUT2D eigenvalue weighted by molar-refractivity contribution is 0.148. The van der Waals surface area contributed by atoms with Crippen LogP contribution in [0.15, 0.2) is 21.1 Å². The Labute approximate surface area is 147 Å². The van der Waals surface area contributed by atoms with Crippen molar-refractivity contribution < 1.29 is 4.39 Å². The van der Waals surface area contributed by atoms with E-state index >= 15 is 0 Å². The summed E-state index contributed by atoms with van der Waals surface area (Å²) >= 11 is 6.84. The third kappa shape index (κ3) is 4.71. The van der Waals surface area contributed by atoms with Gasteiger partial charge in [-0.05, 0) is 33.6 Å². The Morgan fingerprint density at radius 1 is 1.25 bits per heavy atom. The molecule has 0 amide bonds. The van der Waals surface area contributed by atoms with Crippen molar-refractivity contribution in [3.63, 3.8) is 0 Å². The predicted molar refractivity (Wildman–Crippen MR) is 93.9 cm³/mol. The summed E-state index contributed by atoms with van der Waals surface area (Å²) in [6, 6.07) is 3.53. The minimum Gasteiger partial charge on any atom is -0.398 e. The Morgan fingerprint density at radius 3 is 2.40 bits per heavy atom. The molecule has 2 rings (SSSR count). The highest BCUT2D eigenvalue weighted by atomic mass is 79.9. The SMILES string of the molecule is Cl.Cl.Nc1c(Br)cc(Br)cc1[C@@H](CF)N1CCNCC1. The summed E-state index contributed by atoms with van der Waals surface area (Å²) in [7, 11) is 0. The third-order valence-electron chi connectivity index (χ3n) is 3.22. The molecule has 8 heteroatoms. The molecule has 1 aromatic carbocycles. The highest BCUT2D eigenvalue weighted by Gasteiger charge is 2.24. The van der Waals surface area contributed by atoms with Gasteiger partial charge in [0.15, 0.2) is 0 Å². The molecule has 0 saturated carbocycles. The molecule has 3 nitrogen and oxygen atoms in total. The number of nitrogens with two attached hydrogens (primary N) is 1. The fourth-order valence-electron chi connectivity index (χ4n) is 2.25. The molecule has 0 radical (unpaired) electrons. The second-order valence-electron chi connectivity index (χ2n) is 4.35. The van der Waals surface area contributed by atoms with Crippen molar-refractivity contribution in [2.75, 3.05) is 38.6 Å². The molecule has 1 fully saturated rings. The number of benzene rings is 1. The number of alkyl halides is 1. The first kappa shape index (κ1) is 20.4. The number of halogens is 5. The zero-order valence-electron chi connectivity index (χ0n) is 10.7. The number of anilines is 1. The molecule has 0 spiro atoms. The van der Waals surface area contributed by atoms with Crippen molar-refractivity contribution in [1.29, 1.82) is 0 Å². The number of hydrogen-bond acceptors (Lipinski definition) is 3. The van der Waals surface area contributed by atoms with E-state index < -0.39 is 6.67 Å². The first-order valence-corrected chi connectivity index (χ1v) is 7.47. The number of nitrogens with one attached hydrogen (secondary N) is 1. The van der Waals surface area contributed by atoms with Crippen LogP contribution in [-0.2, 0) is 0 Å². The summed E-state index contributed by atoms with van der Waals surface area (Å²) in [5, 5.41) is 3.27. The van der Waals surface area contributed by atoms with Crippen LogP contribution in [0.1, 0.15) is 11.6 Å². The normalized spacial score (nSPS) is 16.9. The topological polar surface area (TPSA) is 41.3 Å². The minimum atomic E-state index is -0.424. The van der Waals surface area contributed by atoms with Crippen LogP contribution in [0, 0.1) is 0 Å². The van der Waals surface area contributed by atoms with E-state index in [1.165, 1.54) is 0 Å². The van der Waals surface area contributed by atoms with Crippen LogP contribution >= 0.6 is 56.7 Å². The fraction of sp³-hybridized carbons (Fsp3) is 0.500. The fourth-order valence-corrected chi connectivity index (χ4v) is 3.51. The van der Waals surface area contributed by atoms with Gasteiger partial charge >= 0.3 is 0 Å². The highest BCUT2D eigenvalue weighted by molar-refractivity contribution is 9.11. The second kappa shape index (κ2) is 9.43. The molecule has 1 aliphatic rings. The molecule has 116 valence electrons. The third-order valence-corrected chi connectivity index (χ3v) is 4.34. The number of nitrogens with zero attached hydrogens (tertiary/aromatic N) is 1. The Hall–Kier alpha value is 0.410. The molecule has 1 heterocycles. The summed E-state index contributed by atoms with van der Waals surface area (Å²) in [5.41, 5.74) is 7.53. The first-order chi connectivity index (χ1) is 8.63. The van der Waals surface area contributed by atoms with Gasteiger partial charge in [-0.25, -0.2) is 4.39 Å². The smallest absolute Gasteiger partial charge is 0.109 e. The van der Waals surface area contributed by atoms with Crippen LogP contribution in [0.2, 0.25) is 0 Å². The Bertz CT molecular complexity index is 431. The van der Waals surface area contributed by atoms with Crippen molar-refractivity contribution in [3.05, 3.63) is 26.6 Å². The maximum Gasteiger partial charge on any atom is 0.109 e. The largest absolute Gasteiger partial charge is 0.398 e. The van der Waals surface area contributed by atoms with Gasteiger partial charge in [0.25, 0.3) is 0 Å². The van der Waals surface area contributed by atoms with Crippen LogP contribution in [0.3, 0.4) is 0 Å². The van der Waals surface area contributed by atoms with Gasteiger partial charge in [-0.3, -0.25) is 4.90 Å². The van der Waals surface area contributed by atoms with E-state index in [-0.39, 0.29) is 30.9 Å². The van der Waals surface area contributed by atoms with Gasteiger partial charge in [0.1, 0.15) is 6.67 Å². The molecule has 1 aromatic rings. The molecular formula is C12H18Br2Cl2FN3. The van der Waals surface area contributed by atoms with Crippen LogP contribution in [0.25, 0.3) is 0 Å².